The second kappa shape index (κ2) is 26.1. The number of hydrogen-bond donors (Lipinski definition) is 5. The minimum absolute atomic E-state index is 0.0287. The number of hydrogen-bond acceptors (Lipinski definition) is 14. The van der Waals surface area contributed by atoms with Gasteiger partial charge in [0.1, 0.15) is 6.10 Å². The molecule has 2 fully saturated rings. The zero-order chi connectivity index (χ0) is 51.0. The zero-order valence-corrected chi connectivity index (χ0v) is 41.8. The van der Waals surface area contributed by atoms with E-state index in [9.17, 15) is 41.4 Å². The highest BCUT2D eigenvalue weighted by atomic mass is 32.2. The van der Waals surface area contributed by atoms with Gasteiger partial charge in [0.15, 0.2) is 6.29 Å². The molecule has 4 aromatic carbocycles. The topological polar surface area (TPSA) is 257 Å². The van der Waals surface area contributed by atoms with Gasteiger partial charge in [-0.1, -0.05) is 88.4 Å². The first-order valence-corrected chi connectivity index (χ1v) is 26.1. The SMILES string of the molecule is CC(=O)Nc1ccc(S(=O)(=O)N(CC(C)C)C[C@@H](O)[C@H](Cc2ccccc2)NC(=O)OC2CO[C@H]3OCCC23)cc1.CC(C)CN(C[C@@H](O)[C@H](Cc1ccccc1)N=C=O)S(=O)(=O)c1ccc(N)cc1. The molecule has 4 aromatic rings. The molecule has 0 saturated carbocycles. The molecule has 0 spiro atoms. The Morgan fingerprint density at radius 3 is 1.79 bits per heavy atom. The van der Waals surface area contributed by atoms with Crippen molar-refractivity contribution in [1.29, 1.82) is 0 Å². The van der Waals surface area contributed by atoms with Crippen LogP contribution in [0.1, 0.15) is 52.2 Å². The number of nitrogens with zero attached hydrogens (tertiary/aromatic N) is 3. The lowest BCUT2D eigenvalue weighted by molar-refractivity contribution is -0.114. The maximum Gasteiger partial charge on any atom is 0.407 e. The van der Waals surface area contributed by atoms with Crippen LogP contribution in [0.3, 0.4) is 0 Å². The zero-order valence-electron chi connectivity index (χ0n) is 40.2. The molecule has 2 amide bonds. The summed E-state index contributed by atoms with van der Waals surface area (Å²) in [5.41, 5.74) is 8.33. The van der Waals surface area contributed by atoms with Gasteiger partial charge in [-0.3, -0.25) is 4.79 Å². The second-order valence-electron chi connectivity index (χ2n) is 18.2. The third-order valence-electron chi connectivity index (χ3n) is 11.5. The lowest BCUT2D eigenvalue weighted by Gasteiger charge is -2.31. The molecule has 6 rings (SSSR count). The predicted octanol–water partition coefficient (Wildman–Crippen LogP) is 4.98. The first-order chi connectivity index (χ1) is 33.3. The number of aliphatic imine (C=N–C) groups is 1. The molecule has 0 aliphatic carbocycles. The summed E-state index contributed by atoms with van der Waals surface area (Å²) < 4.78 is 72.7. The van der Waals surface area contributed by atoms with Crippen molar-refractivity contribution in [3.8, 4) is 0 Å². The number of aliphatic hydroxyl groups excluding tert-OH is 2. The number of aliphatic hydroxyl groups is 2. The Hall–Kier alpha value is -5.54. The Labute approximate surface area is 411 Å². The van der Waals surface area contributed by atoms with E-state index in [1.54, 1.807) is 0 Å². The van der Waals surface area contributed by atoms with Crippen LogP contribution in [0.5, 0.6) is 0 Å². The molecule has 0 bridgehead atoms. The van der Waals surface area contributed by atoms with Gasteiger partial charge in [-0.05, 0) is 90.8 Å². The Morgan fingerprint density at radius 2 is 1.27 bits per heavy atom. The number of fused-ring (bicyclic) bond motifs is 1. The lowest BCUT2D eigenvalue weighted by Crippen LogP contribution is -2.51. The standard InChI is InChI=1S/C29H39N3O8S.C21H27N3O4S/c1-19(2)16-32(41(36,37)23-11-9-22(10-12-23)30-20(3)33)17-26(34)25(15-21-7-5-4-6-8-21)31-29(35)40-27-18-39-28-24(27)13-14-38-28;1-16(2)13-24(29(27,28)19-10-8-18(22)9-11-19)14-21(26)20(23-15-25)12-17-6-4-3-5-7-17/h4-12,19,24-28,34H,13-18H2,1-3H3,(H,30,33)(H,31,35);3-11,16,20-21,26H,12-14,22H2,1-2H3/t24?,25-,26+,27?,28+;20-,21+/m00/s1. The van der Waals surface area contributed by atoms with E-state index in [1.165, 1.54) is 70.1 Å². The number of amides is 2. The summed E-state index contributed by atoms with van der Waals surface area (Å²) in [5.74, 6) is -0.308. The van der Waals surface area contributed by atoms with Crippen LogP contribution in [-0.2, 0) is 56.7 Å². The van der Waals surface area contributed by atoms with Crippen molar-refractivity contribution in [3.05, 3.63) is 120 Å². The van der Waals surface area contributed by atoms with Crippen LogP contribution < -0.4 is 16.4 Å². The summed E-state index contributed by atoms with van der Waals surface area (Å²) in [7, 11) is -7.87. The second-order valence-corrected chi connectivity index (χ2v) is 22.1. The smallest absolute Gasteiger partial charge is 0.407 e. The molecular formula is C50H66N6O12S2. The average molecular weight is 1010 g/mol. The normalized spacial score (nSPS) is 18.5. The largest absolute Gasteiger partial charge is 0.443 e. The number of nitrogens with two attached hydrogens (primary N) is 1. The molecule has 2 saturated heterocycles. The predicted molar refractivity (Wildman–Crippen MR) is 264 cm³/mol. The van der Waals surface area contributed by atoms with Crippen molar-refractivity contribution >= 4 is 49.5 Å². The highest BCUT2D eigenvalue weighted by Gasteiger charge is 2.44. The fourth-order valence-corrected chi connectivity index (χ4v) is 11.3. The minimum Gasteiger partial charge on any atom is -0.443 e. The van der Waals surface area contributed by atoms with Crippen molar-refractivity contribution < 1.29 is 55.6 Å². The first-order valence-electron chi connectivity index (χ1n) is 23.2. The van der Waals surface area contributed by atoms with E-state index in [4.69, 9.17) is 19.9 Å². The van der Waals surface area contributed by atoms with Gasteiger partial charge < -0.3 is 40.8 Å². The van der Waals surface area contributed by atoms with Crippen LogP contribution in [-0.4, -0.2) is 130 Å². The molecule has 7 atom stereocenters. The number of sulfonamides is 2. The number of nitrogens with one attached hydrogen (secondary N) is 2. The molecule has 2 heterocycles. The molecule has 0 radical (unpaired) electrons. The van der Waals surface area contributed by atoms with Crippen LogP contribution in [0.2, 0.25) is 0 Å². The van der Waals surface area contributed by atoms with Crippen LogP contribution >= 0.6 is 0 Å². The summed E-state index contributed by atoms with van der Waals surface area (Å²) in [4.78, 5) is 39.1. The number of rotatable bonds is 22. The number of alkyl carbamates (subject to hydrolysis) is 1. The molecule has 0 aromatic heterocycles. The van der Waals surface area contributed by atoms with Crippen LogP contribution in [0.4, 0.5) is 16.2 Å². The van der Waals surface area contributed by atoms with Crippen LogP contribution in [0, 0.1) is 17.8 Å². The van der Waals surface area contributed by atoms with E-state index in [1.807, 2.05) is 88.4 Å². The highest BCUT2D eigenvalue weighted by Crippen LogP contribution is 2.33. The van der Waals surface area contributed by atoms with E-state index in [-0.39, 0.29) is 78.9 Å². The minimum atomic E-state index is -4.01. The molecule has 18 nitrogen and oxygen atoms in total. The summed E-state index contributed by atoms with van der Waals surface area (Å²) in [6.45, 7) is 9.62. The van der Waals surface area contributed by atoms with Gasteiger partial charge in [0, 0.05) is 44.5 Å². The van der Waals surface area contributed by atoms with Gasteiger partial charge in [-0.2, -0.15) is 13.6 Å². The van der Waals surface area contributed by atoms with Crippen LogP contribution in [0.25, 0.3) is 0 Å². The molecule has 2 aliphatic heterocycles. The number of anilines is 2. The Balaban J connectivity index is 0.000000277. The molecule has 70 heavy (non-hydrogen) atoms. The third-order valence-corrected chi connectivity index (χ3v) is 15.2. The quantitative estimate of drug-likeness (QED) is 0.0396. The van der Waals surface area contributed by atoms with Gasteiger partial charge in [0.25, 0.3) is 0 Å². The van der Waals surface area contributed by atoms with E-state index >= 15 is 0 Å². The monoisotopic (exact) mass is 1010 g/mol. The van der Waals surface area contributed by atoms with E-state index < -0.39 is 56.5 Å². The third kappa shape index (κ3) is 16.3. The number of carbonyl (C=O) groups excluding carboxylic acids is 3. The lowest BCUT2D eigenvalue weighted by atomic mass is 10.0. The summed E-state index contributed by atoms with van der Waals surface area (Å²) in [5, 5.41) is 27.5. The van der Waals surface area contributed by atoms with Crippen molar-refractivity contribution in [2.24, 2.45) is 22.7 Å². The summed E-state index contributed by atoms with van der Waals surface area (Å²) in [6, 6.07) is 28.7. The Bertz CT molecular complexity index is 2550. The Morgan fingerprint density at radius 1 is 0.757 bits per heavy atom. The number of benzene rings is 4. The fourth-order valence-electron chi connectivity index (χ4n) is 8.09. The van der Waals surface area contributed by atoms with E-state index in [0.29, 0.717) is 24.4 Å². The number of isocyanates is 1. The van der Waals surface area contributed by atoms with Crippen molar-refractivity contribution in [2.45, 2.75) is 100 Å². The first kappa shape index (κ1) is 55.4. The van der Waals surface area contributed by atoms with Gasteiger partial charge in [0.2, 0.25) is 32.0 Å². The molecule has 380 valence electrons. The fraction of sp³-hybridized carbons (Fsp3) is 0.460. The average Bonchev–Trinajstić information content (AvgIpc) is 3.94. The van der Waals surface area contributed by atoms with Gasteiger partial charge in [-0.15, -0.1) is 0 Å². The van der Waals surface area contributed by atoms with Crippen molar-refractivity contribution in [2.75, 3.05) is 50.4 Å². The van der Waals surface area contributed by atoms with Crippen molar-refractivity contribution in [3.63, 3.8) is 0 Å². The van der Waals surface area contributed by atoms with E-state index in [2.05, 4.69) is 15.6 Å². The molecule has 6 N–H and O–H groups in total. The van der Waals surface area contributed by atoms with Gasteiger partial charge in [0.05, 0.1) is 53.2 Å². The number of nitrogen functional groups attached to an aromatic ring is 1. The molecule has 20 heteroatoms. The summed E-state index contributed by atoms with van der Waals surface area (Å²) >= 11 is 0. The molecule has 2 aliphatic rings. The summed E-state index contributed by atoms with van der Waals surface area (Å²) in [6.07, 6.45) is -1.19. The number of carbonyl (C=O) groups is 2. The van der Waals surface area contributed by atoms with Gasteiger partial charge >= 0.3 is 6.09 Å². The van der Waals surface area contributed by atoms with E-state index in [0.717, 1.165) is 17.5 Å². The highest BCUT2D eigenvalue weighted by molar-refractivity contribution is 7.89. The maximum absolute atomic E-state index is 13.7. The van der Waals surface area contributed by atoms with Gasteiger partial charge in [-0.25, -0.2) is 26.4 Å². The number of ether oxygens (including phenoxy) is 3. The van der Waals surface area contributed by atoms with Crippen LogP contribution in [0.15, 0.2) is 124 Å². The van der Waals surface area contributed by atoms with Crippen molar-refractivity contribution in [1.82, 2.24) is 13.9 Å². The maximum atomic E-state index is 13.7. The molecular weight excluding hydrogens is 941 g/mol. The Kier molecular flexibility index (Phi) is 20.6. The molecule has 2 unspecified atom stereocenters.